The molecule has 9 nitrogen and oxygen atoms in total. The summed E-state index contributed by atoms with van der Waals surface area (Å²) >= 11 is 0. The lowest BCUT2D eigenvalue weighted by Gasteiger charge is -2.12. The summed E-state index contributed by atoms with van der Waals surface area (Å²) < 4.78 is 6.83. The number of fused-ring (bicyclic) bond motifs is 1. The van der Waals surface area contributed by atoms with E-state index in [0.29, 0.717) is 28.5 Å². The Hall–Kier alpha value is -4.79. The van der Waals surface area contributed by atoms with Gasteiger partial charge in [-0.2, -0.15) is 5.10 Å². The molecule has 0 aliphatic carbocycles. The van der Waals surface area contributed by atoms with Crippen LogP contribution in [0.15, 0.2) is 83.7 Å². The summed E-state index contributed by atoms with van der Waals surface area (Å²) in [6, 6.07) is 22.8. The highest BCUT2D eigenvalue weighted by Crippen LogP contribution is 2.14. The maximum Gasteiger partial charge on any atom is 0.290 e. The third-order valence-electron chi connectivity index (χ3n) is 5.65. The van der Waals surface area contributed by atoms with Gasteiger partial charge in [-0.05, 0) is 49.2 Å². The zero-order valence-electron chi connectivity index (χ0n) is 20.3. The molecule has 0 aliphatic rings. The van der Waals surface area contributed by atoms with E-state index in [1.165, 1.54) is 11.6 Å². The van der Waals surface area contributed by atoms with E-state index in [0.717, 1.165) is 5.56 Å². The van der Waals surface area contributed by atoms with Gasteiger partial charge in [0.2, 0.25) is 5.91 Å². The second-order valence-corrected chi connectivity index (χ2v) is 8.38. The van der Waals surface area contributed by atoms with Crippen molar-refractivity contribution in [2.24, 2.45) is 0 Å². The number of nitrogens with one attached hydrogen (secondary N) is 2. The van der Waals surface area contributed by atoms with Gasteiger partial charge >= 0.3 is 0 Å². The molecule has 0 aliphatic heterocycles. The molecule has 188 valence electrons. The average molecular weight is 499 g/mol. The molecule has 4 aromatic rings. The van der Waals surface area contributed by atoms with E-state index >= 15 is 0 Å². The Morgan fingerprint density at radius 1 is 0.865 bits per heavy atom. The minimum atomic E-state index is -0.631. The second kappa shape index (κ2) is 11.8. The first kappa shape index (κ1) is 25.3. The molecule has 2 amide bonds. The number of ether oxygens (including phenoxy) is 1. The molecule has 0 unspecified atom stereocenters. The molecule has 1 aromatic heterocycles. The predicted octanol–water partition coefficient (Wildman–Crippen LogP) is 3.27. The molecule has 37 heavy (non-hydrogen) atoms. The fourth-order valence-electron chi connectivity index (χ4n) is 3.72. The molecular weight excluding hydrogens is 472 g/mol. The van der Waals surface area contributed by atoms with Crippen LogP contribution in [0.25, 0.3) is 10.8 Å². The zero-order valence-corrected chi connectivity index (χ0v) is 20.3. The average Bonchev–Trinajstić information content (AvgIpc) is 2.92. The van der Waals surface area contributed by atoms with Gasteiger partial charge in [0.25, 0.3) is 11.5 Å². The molecule has 1 heterocycles. The van der Waals surface area contributed by atoms with Crippen LogP contribution < -0.4 is 21.1 Å². The van der Waals surface area contributed by atoms with Gasteiger partial charge in [-0.3, -0.25) is 30.0 Å². The van der Waals surface area contributed by atoms with Crippen LogP contribution in [0.4, 0.5) is 0 Å². The van der Waals surface area contributed by atoms with Crippen LogP contribution in [0.3, 0.4) is 0 Å². The van der Waals surface area contributed by atoms with E-state index in [9.17, 15) is 19.2 Å². The fourth-order valence-corrected chi connectivity index (χ4v) is 3.72. The van der Waals surface area contributed by atoms with E-state index in [-0.39, 0.29) is 36.6 Å². The monoisotopic (exact) mass is 498 g/mol. The van der Waals surface area contributed by atoms with Gasteiger partial charge in [-0.15, -0.1) is 0 Å². The Bertz CT molecular complexity index is 1480. The summed E-state index contributed by atoms with van der Waals surface area (Å²) in [5.41, 5.74) is 5.96. The third-order valence-corrected chi connectivity index (χ3v) is 5.65. The Kier molecular flexibility index (Phi) is 8.05. The van der Waals surface area contributed by atoms with Crippen LogP contribution in [0.2, 0.25) is 0 Å². The number of amides is 2. The Balaban J connectivity index is 1.35. The van der Waals surface area contributed by atoms with Crippen LogP contribution in [-0.2, 0) is 11.3 Å². The Morgan fingerprint density at radius 3 is 2.24 bits per heavy atom. The molecule has 0 radical (unpaired) electrons. The van der Waals surface area contributed by atoms with Crippen LogP contribution >= 0.6 is 0 Å². The summed E-state index contributed by atoms with van der Waals surface area (Å²) in [5, 5.41) is 5.06. The number of rotatable bonds is 9. The second-order valence-electron chi connectivity index (χ2n) is 8.38. The summed E-state index contributed by atoms with van der Waals surface area (Å²) in [5.74, 6) is -0.454. The van der Waals surface area contributed by atoms with Gasteiger partial charge in [0.1, 0.15) is 5.75 Å². The van der Waals surface area contributed by atoms with Crippen molar-refractivity contribution in [2.45, 2.75) is 26.3 Å². The number of benzene rings is 3. The summed E-state index contributed by atoms with van der Waals surface area (Å²) in [6.07, 6.45) is 0.535. The van der Waals surface area contributed by atoms with Gasteiger partial charge in [-0.1, -0.05) is 48.5 Å². The minimum Gasteiger partial charge on any atom is -0.494 e. The number of aromatic nitrogens is 2. The molecule has 0 saturated heterocycles. The first-order chi connectivity index (χ1) is 17.9. The van der Waals surface area contributed by atoms with E-state index in [4.69, 9.17) is 4.74 Å². The number of Topliss-reactive ketones (excluding diaryl/α,β-unsaturated/α-hetero) is 1. The highest BCUT2D eigenvalue weighted by molar-refractivity contribution is 6.05. The topological polar surface area (TPSA) is 119 Å². The van der Waals surface area contributed by atoms with Gasteiger partial charge in [0.05, 0.1) is 18.5 Å². The highest BCUT2D eigenvalue weighted by atomic mass is 16.5. The highest BCUT2D eigenvalue weighted by Gasteiger charge is 2.17. The maximum absolute atomic E-state index is 12.9. The van der Waals surface area contributed by atoms with E-state index in [1.807, 2.05) is 30.3 Å². The van der Waals surface area contributed by atoms with Crippen LogP contribution in [-0.4, -0.2) is 34.0 Å². The number of hydrogen-bond donors (Lipinski definition) is 2. The van der Waals surface area contributed by atoms with Gasteiger partial charge in [-0.25, -0.2) is 4.68 Å². The first-order valence-electron chi connectivity index (χ1n) is 11.8. The number of carbonyl (C=O) groups is 3. The van der Waals surface area contributed by atoms with Crippen LogP contribution in [0.5, 0.6) is 5.75 Å². The van der Waals surface area contributed by atoms with Crippen molar-refractivity contribution in [3.05, 3.63) is 106 Å². The maximum atomic E-state index is 12.9. The number of hydrogen-bond acceptors (Lipinski definition) is 6. The van der Waals surface area contributed by atoms with Crippen molar-refractivity contribution in [2.75, 3.05) is 6.61 Å². The largest absolute Gasteiger partial charge is 0.494 e. The lowest BCUT2D eigenvalue weighted by molar-refractivity contribution is -0.122. The van der Waals surface area contributed by atoms with E-state index < -0.39 is 11.8 Å². The normalized spacial score (nSPS) is 10.6. The minimum absolute atomic E-state index is 0.0246. The molecule has 9 heteroatoms. The Labute approximate surface area is 213 Å². The molecule has 0 spiro atoms. The van der Waals surface area contributed by atoms with Crippen LogP contribution in [0, 0.1) is 0 Å². The van der Waals surface area contributed by atoms with Crippen molar-refractivity contribution in [1.29, 1.82) is 0 Å². The summed E-state index contributed by atoms with van der Waals surface area (Å²) in [6.45, 7) is 1.99. The lowest BCUT2D eigenvalue weighted by Crippen LogP contribution is -2.42. The molecule has 4 rings (SSSR count). The number of carbonyl (C=O) groups excluding carboxylic acids is 3. The fraction of sp³-hybridized carbons (Fsp3) is 0.179. The van der Waals surface area contributed by atoms with E-state index in [2.05, 4.69) is 16.0 Å². The van der Waals surface area contributed by atoms with E-state index in [1.54, 1.807) is 48.5 Å². The smallest absolute Gasteiger partial charge is 0.290 e. The molecule has 0 bridgehead atoms. The SMILES string of the molecule is CC(=O)c1ccc(OCCCC(=O)NNC(=O)c2nn(Cc3ccccc3)c(=O)c3ccccc23)cc1. The van der Waals surface area contributed by atoms with Crippen molar-refractivity contribution in [3.63, 3.8) is 0 Å². The van der Waals surface area contributed by atoms with Crippen molar-refractivity contribution in [1.82, 2.24) is 20.6 Å². The van der Waals surface area contributed by atoms with Crippen molar-refractivity contribution >= 4 is 28.4 Å². The van der Waals surface area contributed by atoms with Gasteiger partial charge in [0, 0.05) is 17.4 Å². The lowest BCUT2D eigenvalue weighted by atomic mass is 10.1. The number of ketones is 1. The third kappa shape index (κ3) is 6.46. The zero-order chi connectivity index (χ0) is 26.2. The standard InChI is InChI=1S/C28H26N4O5/c1-19(33)21-13-15-22(16-14-21)37-17-7-12-25(34)29-30-27(35)26-23-10-5-6-11-24(23)28(36)32(31-26)18-20-8-3-2-4-9-20/h2-6,8-11,13-16H,7,12,17-18H2,1H3,(H,29,34)(H,30,35). The van der Waals surface area contributed by atoms with Crippen LogP contribution in [0.1, 0.15) is 46.2 Å². The number of nitrogens with zero attached hydrogens (tertiary/aromatic N) is 2. The summed E-state index contributed by atoms with van der Waals surface area (Å²) in [7, 11) is 0. The molecule has 0 saturated carbocycles. The quantitative estimate of drug-likeness (QED) is 0.208. The molecule has 2 N–H and O–H groups in total. The van der Waals surface area contributed by atoms with Gasteiger partial charge < -0.3 is 4.74 Å². The first-order valence-corrected chi connectivity index (χ1v) is 11.8. The molecule has 0 atom stereocenters. The predicted molar refractivity (Wildman–Crippen MR) is 138 cm³/mol. The Morgan fingerprint density at radius 2 is 1.54 bits per heavy atom. The van der Waals surface area contributed by atoms with Crippen molar-refractivity contribution < 1.29 is 19.1 Å². The molecular formula is C28H26N4O5. The van der Waals surface area contributed by atoms with Gasteiger partial charge in [0.15, 0.2) is 11.5 Å². The number of hydrazine groups is 1. The van der Waals surface area contributed by atoms with Crippen molar-refractivity contribution in [3.8, 4) is 5.75 Å². The summed E-state index contributed by atoms with van der Waals surface area (Å²) in [4.78, 5) is 49.4. The molecule has 3 aromatic carbocycles. The molecule has 0 fully saturated rings.